The molecule has 5 rings (SSSR count). The number of para-hydroxylation sites is 1. The molecular formula is C24H23ClN4O5. The summed E-state index contributed by atoms with van der Waals surface area (Å²) in [7, 11) is 1.52. The number of methoxy groups -OCH3 is 1. The van der Waals surface area contributed by atoms with E-state index in [9.17, 15) is 19.2 Å². The van der Waals surface area contributed by atoms with Crippen LogP contribution >= 0.6 is 11.6 Å². The van der Waals surface area contributed by atoms with E-state index in [4.69, 9.17) is 22.1 Å². The topological polar surface area (TPSA) is 131 Å². The van der Waals surface area contributed by atoms with Crippen molar-refractivity contribution < 1.29 is 23.9 Å². The monoisotopic (exact) mass is 482 g/mol. The molecule has 10 heteroatoms. The average Bonchev–Trinajstić information content (AvgIpc) is 3.39. The number of amides is 4. The molecule has 3 heterocycles. The molecule has 2 saturated heterocycles. The van der Waals surface area contributed by atoms with E-state index in [2.05, 4.69) is 10.6 Å². The first kappa shape index (κ1) is 22.4. The first-order chi connectivity index (χ1) is 16.3. The summed E-state index contributed by atoms with van der Waals surface area (Å²) in [5.74, 6) is -3.09. The van der Waals surface area contributed by atoms with Crippen LogP contribution in [-0.4, -0.2) is 41.7 Å². The molecular weight excluding hydrogens is 460 g/mol. The number of hydrogen-bond donors (Lipinski definition) is 3. The van der Waals surface area contributed by atoms with Gasteiger partial charge in [-0.2, -0.15) is 0 Å². The van der Waals surface area contributed by atoms with Crippen LogP contribution in [0.2, 0.25) is 5.02 Å². The first-order valence-corrected chi connectivity index (χ1v) is 11.3. The average molecular weight is 483 g/mol. The molecule has 2 aromatic rings. The minimum atomic E-state index is -1.48. The summed E-state index contributed by atoms with van der Waals surface area (Å²) >= 11 is 6.24. The molecule has 0 aliphatic carbocycles. The van der Waals surface area contributed by atoms with Crippen LogP contribution < -0.4 is 21.1 Å². The Morgan fingerprint density at radius 3 is 2.68 bits per heavy atom. The van der Waals surface area contributed by atoms with Gasteiger partial charge in [0.2, 0.25) is 23.6 Å². The van der Waals surface area contributed by atoms with Crippen molar-refractivity contribution in [1.29, 1.82) is 0 Å². The number of carbonyl (C=O) groups is 4. The third-order valence-corrected chi connectivity index (χ3v) is 7.23. The Morgan fingerprint density at radius 2 is 1.94 bits per heavy atom. The summed E-state index contributed by atoms with van der Waals surface area (Å²) < 4.78 is 5.38. The minimum Gasteiger partial charge on any atom is -0.496 e. The molecule has 4 atom stereocenters. The quantitative estimate of drug-likeness (QED) is 0.535. The lowest BCUT2D eigenvalue weighted by Gasteiger charge is -2.29. The van der Waals surface area contributed by atoms with E-state index < -0.39 is 47.0 Å². The predicted molar refractivity (Wildman–Crippen MR) is 123 cm³/mol. The molecule has 4 N–H and O–H groups in total. The van der Waals surface area contributed by atoms with Crippen molar-refractivity contribution >= 4 is 40.9 Å². The maximum atomic E-state index is 13.8. The second-order valence-corrected chi connectivity index (χ2v) is 9.22. The molecule has 1 spiro atoms. The van der Waals surface area contributed by atoms with Crippen LogP contribution in [0.15, 0.2) is 42.5 Å². The summed E-state index contributed by atoms with van der Waals surface area (Å²) in [5, 5.41) is 6.47. The Labute approximate surface area is 200 Å². The molecule has 34 heavy (non-hydrogen) atoms. The zero-order valence-electron chi connectivity index (χ0n) is 18.3. The van der Waals surface area contributed by atoms with Crippen LogP contribution in [0.4, 0.5) is 5.69 Å². The fourth-order valence-electron chi connectivity index (χ4n) is 5.54. The van der Waals surface area contributed by atoms with Gasteiger partial charge in [-0.25, -0.2) is 0 Å². The Bertz CT molecular complexity index is 1230. The number of imide groups is 1. The van der Waals surface area contributed by atoms with E-state index in [1.54, 1.807) is 42.5 Å². The highest BCUT2D eigenvalue weighted by Gasteiger charge is 2.70. The lowest BCUT2D eigenvalue weighted by atomic mass is 9.76. The molecule has 0 radical (unpaired) electrons. The number of nitrogens with two attached hydrogens (primary N) is 1. The summed E-state index contributed by atoms with van der Waals surface area (Å²) in [5.41, 5.74) is 5.59. The number of carbonyl (C=O) groups excluding carboxylic acids is 4. The van der Waals surface area contributed by atoms with Crippen molar-refractivity contribution in [2.24, 2.45) is 17.6 Å². The van der Waals surface area contributed by atoms with Crippen LogP contribution in [-0.2, 0) is 31.3 Å². The molecule has 2 aromatic carbocycles. The van der Waals surface area contributed by atoms with Gasteiger partial charge in [-0.05, 0) is 30.7 Å². The van der Waals surface area contributed by atoms with Crippen molar-refractivity contribution in [3.05, 3.63) is 58.6 Å². The van der Waals surface area contributed by atoms with Gasteiger partial charge in [-0.3, -0.25) is 29.4 Å². The van der Waals surface area contributed by atoms with Crippen molar-refractivity contribution in [2.45, 2.75) is 31.0 Å². The number of benzene rings is 2. The molecule has 0 bridgehead atoms. The lowest BCUT2D eigenvalue weighted by molar-refractivity contribution is -0.143. The summed E-state index contributed by atoms with van der Waals surface area (Å²) in [6.07, 6.45) is 0.220. The maximum absolute atomic E-state index is 13.8. The Hall–Kier alpha value is -3.43. The Morgan fingerprint density at radius 1 is 1.18 bits per heavy atom. The third kappa shape index (κ3) is 3.19. The van der Waals surface area contributed by atoms with E-state index in [0.29, 0.717) is 27.6 Å². The predicted octanol–water partition coefficient (Wildman–Crippen LogP) is 1.53. The minimum absolute atomic E-state index is 0.00890. The highest BCUT2D eigenvalue weighted by molar-refractivity contribution is 6.31. The summed E-state index contributed by atoms with van der Waals surface area (Å²) in [6.45, 7) is 0.0112. The molecule has 4 amide bonds. The first-order valence-electron chi connectivity index (χ1n) is 10.9. The van der Waals surface area contributed by atoms with E-state index in [1.807, 2.05) is 0 Å². The summed E-state index contributed by atoms with van der Waals surface area (Å²) in [6, 6.07) is 11.5. The fourth-order valence-corrected chi connectivity index (χ4v) is 5.71. The highest BCUT2D eigenvalue weighted by atomic mass is 35.5. The van der Waals surface area contributed by atoms with Crippen molar-refractivity contribution in [2.75, 3.05) is 12.4 Å². The smallest absolute Gasteiger partial charge is 0.250 e. The third-order valence-electron chi connectivity index (χ3n) is 6.99. The maximum Gasteiger partial charge on any atom is 0.250 e. The van der Waals surface area contributed by atoms with Gasteiger partial charge in [0.15, 0.2) is 0 Å². The largest absolute Gasteiger partial charge is 0.496 e. The van der Waals surface area contributed by atoms with Gasteiger partial charge in [-0.15, -0.1) is 0 Å². The van der Waals surface area contributed by atoms with Crippen molar-refractivity contribution in [3.63, 3.8) is 0 Å². The Kier molecular flexibility index (Phi) is 5.33. The van der Waals surface area contributed by atoms with Crippen LogP contribution in [0.3, 0.4) is 0 Å². The molecule has 3 aliphatic heterocycles. The van der Waals surface area contributed by atoms with Gasteiger partial charge in [0, 0.05) is 34.3 Å². The molecule has 176 valence electrons. The lowest BCUT2D eigenvalue weighted by Crippen LogP contribution is -2.53. The number of likely N-dealkylation sites (tertiary alicyclic amines) is 1. The SMILES string of the molecule is COc1ccccc1CN1C(=O)[C@@H]2[C@@H](C1=O)[C@]1(N[C@@H]2CCC(N)=O)C(=O)Nc2ccc(Cl)cc21. The van der Waals surface area contributed by atoms with Crippen LogP contribution in [0.5, 0.6) is 5.75 Å². The van der Waals surface area contributed by atoms with Gasteiger partial charge in [0.1, 0.15) is 11.3 Å². The number of rotatable bonds is 6. The Balaban J connectivity index is 1.59. The number of hydrogen-bond acceptors (Lipinski definition) is 6. The standard InChI is InChI=1S/C24H23ClN4O5/c1-34-17-5-3-2-4-12(17)11-29-21(31)19-16(8-9-18(26)30)28-24(20(19)22(29)32)14-10-13(25)6-7-15(14)27-23(24)33/h2-7,10,16,19-20,28H,8-9,11H2,1H3,(H2,26,30)(H,27,33)/t16-,19+,20+,24+/m1/s1. The van der Waals surface area contributed by atoms with Crippen LogP contribution in [0, 0.1) is 11.8 Å². The highest BCUT2D eigenvalue weighted by Crippen LogP contribution is 2.54. The van der Waals surface area contributed by atoms with E-state index in [0.717, 1.165) is 0 Å². The molecule has 2 fully saturated rings. The molecule has 0 saturated carbocycles. The number of fused-ring (bicyclic) bond motifs is 4. The second kappa shape index (κ2) is 8.11. The van der Waals surface area contributed by atoms with Crippen LogP contribution in [0.25, 0.3) is 0 Å². The van der Waals surface area contributed by atoms with E-state index in [-0.39, 0.29) is 19.4 Å². The summed E-state index contributed by atoms with van der Waals surface area (Å²) in [4.78, 5) is 53.5. The van der Waals surface area contributed by atoms with Crippen molar-refractivity contribution in [3.8, 4) is 5.75 Å². The van der Waals surface area contributed by atoms with Gasteiger partial charge in [0.05, 0.1) is 25.5 Å². The molecule has 3 aliphatic rings. The van der Waals surface area contributed by atoms with E-state index in [1.165, 1.54) is 12.0 Å². The zero-order valence-corrected chi connectivity index (χ0v) is 19.1. The number of halogens is 1. The molecule has 0 unspecified atom stereocenters. The van der Waals surface area contributed by atoms with Crippen LogP contribution in [0.1, 0.15) is 24.0 Å². The van der Waals surface area contributed by atoms with E-state index >= 15 is 0 Å². The fraction of sp³-hybridized carbons (Fsp3) is 0.333. The number of ether oxygens (including phenoxy) is 1. The number of primary amides is 1. The molecule has 0 aromatic heterocycles. The van der Waals surface area contributed by atoms with Gasteiger partial charge in [0.25, 0.3) is 0 Å². The van der Waals surface area contributed by atoms with Gasteiger partial charge < -0.3 is 15.8 Å². The number of nitrogens with one attached hydrogen (secondary N) is 2. The van der Waals surface area contributed by atoms with Gasteiger partial charge in [-0.1, -0.05) is 29.8 Å². The number of anilines is 1. The normalized spacial score (nSPS) is 27.2. The second-order valence-electron chi connectivity index (χ2n) is 8.79. The zero-order chi connectivity index (χ0) is 24.2. The van der Waals surface area contributed by atoms with Crippen molar-refractivity contribution in [1.82, 2.24) is 10.2 Å². The molecule has 9 nitrogen and oxygen atoms in total. The number of nitrogens with zero attached hydrogens (tertiary/aromatic N) is 1. The van der Waals surface area contributed by atoms with Gasteiger partial charge >= 0.3 is 0 Å².